The number of hydrogen-bond acceptors (Lipinski definition) is 4. The number of nitrogens with two attached hydrogens (primary N) is 2. The summed E-state index contributed by atoms with van der Waals surface area (Å²) in [5.74, 6) is 0. The highest BCUT2D eigenvalue weighted by Gasteiger charge is 2.36. The molecular weight excluding hydrogens is 323 g/mol. The zero-order valence-electron chi connectivity index (χ0n) is 14.5. The Morgan fingerprint density at radius 3 is 2.25 bits per heavy atom. The highest BCUT2D eigenvalue weighted by Crippen LogP contribution is 2.40. The van der Waals surface area contributed by atoms with Crippen molar-refractivity contribution in [2.45, 2.75) is 51.9 Å². The summed E-state index contributed by atoms with van der Waals surface area (Å²) in [4.78, 5) is 12.5. The molecule has 1 rings (SSSR count). The average molecular weight is 347 g/mol. The Kier molecular flexibility index (Phi) is 5.63. The standard InChI is InChI=1S/C16H24F3N3O2/c1-9(2)22(5)13-6-10(8-15(3,4)24-14(21)23)12(20)7-11(13)16(17,18)19/h6-7,9H,8,20H2,1-5H3,(H2,21,23). The summed E-state index contributed by atoms with van der Waals surface area (Å²) in [7, 11) is 1.58. The van der Waals surface area contributed by atoms with Crippen LogP contribution in [0.5, 0.6) is 0 Å². The largest absolute Gasteiger partial charge is 0.443 e. The number of carbonyl (C=O) groups is 1. The zero-order chi connectivity index (χ0) is 18.9. The molecule has 8 heteroatoms. The SMILES string of the molecule is CC(C)N(C)c1cc(CC(C)(C)OC(N)=O)c(N)cc1C(F)(F)F. The minimum Gasteiger partial charge on any atom is -0.443 e. The molecule has 0 fully saturated rings. The number of hydrogen-bond donors (Lipinski definition) is 2. The first kappa shape index (κ1) is 19.9. The van der Waals surface area contributed by atoms with Gasteiger partial charge in [-0.2, -0.15) is 13.2 Å². The highest BCUT2D eigenvalue weighted by molar-refractivity contribution is 5.66. The van der Waals surface area contributed by atoms with Crippen LogP contribution in [-0.4, -0.2) is 24.8 Å². The molecule has 0 heterocycles. The molecule has 0 saturated heterocycles. The molecule has 5 nitrogen and oxygen atoms in total. The number of carbonyl (C=O) groups excluding carboxylic acids is 1. The van der Waals surface area contributed by atoms with Gasteiger partial charge in [-0.1, -0.05) is 0 Å². The lowest BCUT2D eigenvalue weighted by Gasteiger charge is -2.30. The first-order chi connectivity index (χ1) is 10.7. The van der Waals surface area contributed by atoms with Gasteiger partial charge in [0.2, 0.25) is 0 Å². The minimum absolute atomic E-state index is 0.00984. The third-order valence-corrected chi connectivity index (χ3v) is 3.71. The summed E-state index contributed by atoms with van der Waals surface area (Å²) < 4.78 is 45.0. The van der Waals surface area contributed by atoms with Crippen LogP contribution in [0.15, 0.2) is 12.1 Å². The Balaban J connectivity index is 3.39. The topological polar surface area (TPSA) is 81.6 Å². The van der Waals surface area contributed by atoms with E-state index in [-0.39, 0.29) is 23.8 Å². The fraction of sp³-hybridized carbons (Fsp3) is 0.562. The molecule has 0 spiro atoms. The smallest absolute Gasteiger partial charge is 0.418 e. The number of ether oxygens (including phenoxy) is 1. The van der Waals surface area contributed by atoms with E-state index in [4.69, 9.17) is 16.2 Å². The number of alkyl halides is 3. The van der Waals surface area contributed by atoms with Crippen LogP contribution in [0.4, 0.5) is 29.3 Å². The zero-order valence-corrected chi connectivity index (χ0v) is 14.5. The molecule has 0 aliphatic heterocycles. The number of anilines is 2. The number of nitrogens with zero attached hydrogens (tertiary/aromatic N) is 1. The third-order valence-electron chi connectivity index (χ3n) is 3.71. The summed E-state index contributed by atoms with van der Waals surface area (Å²) in [5.41, 5.74) is 9.51. The van der Waals surface area contributed by atoms with Gasteiger partial charge in [0.1, 0.15) is 5.60 Å². The average Bonchev–Trinajstić information content (AvgIpc) is 2.36. The van der Waals surface area contributed by atoms with Gasteiger partial charge in [0.25, 0.3) is 0 Å². The van der Waals surface area contributed by atoms with Crippen LogP contribution in [-0.2, 0) is 17.3 Å². The fourth-order valence-corrected chi connectivity index (χ4v) is 2.37. The Morgan fingerprint density at radius 1 is 1.29 bits per heavy atom. The summed E-state index contributed by atoms with van der Waals surface area (Å²) in [6, 6.07) is 2.17. The number of primary amides is 1. The third kappa shape index (κ3) is 4.94. The molecule has 0 atom stereocenters. The highest BCUT2D eigenvalue weighted by atomic mass is 19.4. The van der Waals surface area contributed by atoms with Crippen molar-refractivity contribution < 1.29 is 22.7 Å². The lowest BCUT2D eigenvalue weighted by Crippen LogP contribution is -2.34. The summed E-state index contributed by atoms with van der Waals surface area (Å²) in [6.07, 6.45) is -5.34. The predicted molar refractivity (Wildman–Crippen MR) is 87.8 cm³/mol. The van der Waals surface area contributed by atoms with Crippen molar-refractivity contribution in [2.24, 2.45) is 5.73 Å². The number of nitrogen functional groups attached to an aromatic ring is 1. The molecule has 0 aliphatic carbocycles. The predicted octanol–water partition coefficient (Wildman–Crippen LogP) is 3.55. The van der Waals surface area contributed by atoms with Crippen LogP contribution in [0.1, 0.15) is 38.8 Å². The summed E-state index contributed by atoms with van der Waals surface area (Å²) >= 11 is 0. The van der Waals surface area contributed by atoms with Gasteiger partial charge in [0, 0.05) is 30.9 Å². The van der Waals surface area contributed by atoms with Crippen LogP contribution in [0.3, 0.4) is 0 Å². The monoisotopic (exact) mass is 347 g/mol. The Hall–Kier alpha value is -2.12. The summed E-state index contributed by atoms with van der Waals surface area (Å²) in [6.45, 7) is 6.80. The van der Waals surface area contributed by atoms with Gasteiger partial charge in [0.05, 0.1) is 5.56 Å². The molecule has 0 unspecified atom stereocenters. The molecule has 1 aromatic rings. The number of rotatable bonds is 5. The van der Waals surface area contributed by atoms with E-state index < -0.39 is 23.4 Å². The molecule has 24 heavy (non-hydrogen) atoms. The van der Waals surface area contributed by atoms with E-state index in [0.29, 0.717) is 5.56 Å². The van der Waals surface area contributed by atoms with Crippen molar-refractivity contribution in [1.82, 2.24) is 0 Å². The quantitative estimate of drug-likeness (QED) is 0.798. The van der Waals surface area contributed by atoms with E-state index in [2.05, 4.69) is 0 Å². The van der Waals surface area contributed by atoms with Crippen LogP contribution in [0.25, 0.3) is 0 Å². The van der Waals surface area contributed by atoms with Gasteiger partial charge in [-0.15, -0.1) is 0 Å². The van der Waals surface area contributed by atoms with Gasteiger partial charge < -0.3 is 21.1 Å². The van der Waals surface area contributed by atoms with Gasteiger partial charge >= 0.3 is 12.3 Å². The maximum atomic E-state index is 13.3. The molecule has 1 amide bonds. The van der Waals surface area contributed by atoms with E-state index in [1.807, 2.05) is 0 Å². The minimum atomic E-state index is -4.52. The van der Waals surface area contributed by atoms with Crippen LogP contribution in [0.2, 0.25) is 0 Å². The molecular formula is C16H24F3N3O2. The van der Waals surface area contributed by atoms with Crippen molar-refractivity contribution in [3.05, 3.63) is 23.3 Å². The Labute approximate surface area is 139 Å². The molecule has 0 saturated carbocycles. The van der Waals surface area contributed by atoms with Crippen molar-refractivity contribution in [1.29, 1.82) is 0 Å². The Morgan fingerprint density at radius 2 is 1.83 bits per heavy atom. The van der Waals surface area contributed by atoms with E-state index in [1.54, 1.807) is 34.7 Å². The summed E-state index contributed by atoms with van der Waals surface area (Å²) in [5, 5.41) is 0. The molecule has 1 aromatic carbocycles. The molecule has 0 radical (unpaired) electrons. The second-order valence-electron chi connectivity index (χ2n) is 6.63. The Bertz CT molecular complexity index is 613. The van der Waals surface area contributed by atoms with Crippen molar-refractivity contribution in [3.63, 3.8) is 0 Å². The van der Waals surface area contributed by atoms with Gasteiger partial charge in [-0.3, -0.25) is 0 Å². The number of halogens is 3. The second kappa shape index (κ2) is 6.78. The van der Waals surface area contributed by atoms with Crippen LogP contribution < -0.4 is 16.4 Å². The number of benzene rings is 1. The normalized spacial score (nSPS) is 12.4. The lowest BCUT2D eigenvalue weighted by atomic mass is 9.94. The van der Waals surface area contributed by atoms with E-state index in [9.17, 15) is 18.0 Å². The maximum Gasteiger partial charge on any atom is 0.418 e. The van der Waals surface area contributed by atoms with Gasteiger partial charge in [-0.05, 0) is 45.4 Å². The van der Waals surface area contributed by atoms with E-state index in [0.717, 1.165) is 6.07 Å². The molecule has 0 aliphatic rings. The first-order valence-corrected chi connectivity index (χ1v) is 7.45. The van der Waals surface area contributed by atoms with Gasteiger partial charge in [0.15, 0.2) is 0 Å². The van der Waals surface area contributed by atoms with Crippen molar-refractivity contribution in [3.8, 4) is 0 Å². The lowest BCUT2D eigenvalue weighted by molar-refractivity contribution is -0.137. The molecule has 0 aromatic heterocycles. The molecule has 4 N–H and O–H groups in total. The molecule has 0 bridgehead atoms. The van der Waals surface area contributed by atoms with E-state index in [1.165, 1.54) is 11.0 Å². The second-order valence-corrected chi connectivity index (χ2v) is 6.63. The first-order valence-electron chi connectivity index (χ1n) is 7.45. The van der Waals surface area contributed by atoms with E-state index >= 15 is 0 Å². The maximum absolute atomic E-state index is 13.3. The number of amides is 1. The van der Waals surface area contributed by atoms with Crippen LogP contribution >= 0.6 is 0 Å². The van der Waals surface area contributed by atoms with Gasteiger partial charge in [-0.25, -0.2) is 4.79 Å². The van der Waals surface area contributed by atoms with Crippen molar-refractivity contribution in [2.75, 3.05) is 17.7 Å². The van der Waals surface area contributed by atoms with Crippen molar-refractivity contribution >= 4 is 17.5 Å². The fourth-order valence-electron chi connectivity index (χ4n) is 2.37. The molecule has 136 valence electrons. The van der Waals surface area contributed by atoms with Crippen LogP contribution in [0, 0.1) is 0 Å².